The minimum absolute atomic E-state index is 0.00360. The average Bonchev–Trinajstić information content (AvgIpc) is 2.51. The highest BCUT2D eigenvalue weighted by Crippen LogP contribution is 2.23. The smallest absolute Gasteiger partial charge is 0.251 e. The molecule has 120 valence electrons. The Morgan fingerprint density at radius 2 is 1.83 bits per heavy atom. The largest absolute Gasteiger partial charge is 0.506 e. The minimum Gasteiger partial charge on any atom is -0.506 e. The lowest BCUT2D eigenvalue weighted by molar-refractivity contribution is -0.115. The Morgan fingerprint density at radius 3 is 2.48 bits per heavy atom. The molecule has 5 nitrogen and oxygen atoms in total. The van der Waals surface area contributed by atoms with Crippen molar-refractivity contribution < 1.29 is 23.5 Å². The zero-order chi connectivity index (χ0) is 17.0. The third-order valence-corrected chi connectivity index (χ3v) is 3.13. The van der Waals surface area contributed by atoms with Gasteiger partial charge >= 0.3 is 0 Å². The van der Waals surface area contributed by atoms with Crippen molar-refractivity contribution >= 4 is 29.1 Å². The quantitative estimate of drug-likeness (QED) is 0.800. The lowest BCUT2D eigenvalue weighted by atomic mass is 10.2. The van der Waals surface area contributed by atoms with Gasteiger partial charge in [0.1, 0.15) is 5.75 Å². The van der Waals surface area contributed by atoms with Crippen LogP contribution < -0.4 is 10.6 Å². The van der Waals surface area contributed by atoms with E-state index in [2.05, 4.69) is 10.6 Å². The first-order valence-corrected chi connectivity index (χ1v) is 6.76. The standard InChI is InChI=1S/C15H11ClF2N2O3/c16-10-5-8(1-4-13(10)21)15(23)19-7-14(22)20-9-2-3-11(17)12(18)6-9/h1-6,21H,7H2,(H,19,23)(H,20,22). The first kappa shape index (κ1) is 16.7. The molecule has 0 atom stereocenters. The first-order chi connectivity index (χ1) is 10.9. The first-order valence-electron chi connectivity index (χ1n) is 6.38. The number of carbonyl (C=O) groups is 2. The van der Waals surface area contributed by atoms with Gasteiger partial charge < -0.3 is 15.7 Å². The fraction of sp³-hybridized carbons (Fsp3) is 0.0667. The van der Waals surface area contributed by atoms with Gasteiger partial charge in [-0.2, -0.15) is 0 Å². The summed E-state index contributed by atoms with van der Waals surface area (Å²) in [5.74, 6) is -3.48. The molecule has 0 radical (unpaired) electrons. The lowest BCUT2D eigenvalue weighted by Crippen LogP contribution is -2.32. The van der Waals surface area contributed by atoms with Crippen LogP contribution in [0.15, 0.2) is 36.4 Å². The van der Waals surface area contributed by atoms with E-state index in [1.165, 1.54) is 24.3 Å². The Hall–Kier alpha value is -2.67. The molecular formula is C15H11ClF2N2O3. The van der Waals surface area contributed by atoms with Gasteiger partial charge in [-0.25, -0.2) is 8.78 Å². The number of aromatic hydroxyl groups is 1. The van der Waals surface area contributed by atoms with Crippen LogP contribution >= 0.6 is 11.6 Å². The molecule has 0 fully saturated rings. The fourth-order valence-electron chi connectivity index (χ4n) is 1.69. The highest BCUT2D eigenvalue weighted by molar-refractivity contribution is 6.32. The van der Waals surface area contributed by atoms with Crippen molar-refractivity contribution in [2.24, 2.45) is 0 Å². The van der Waals surface area contributed by atoms with Gasteiger partial charge in [-0.05, 0) is 30.3 Å². The summed E-state index contributed by atoms with van der Waals surface area (Å²) in [6, 6.07) is 6.73. The molecule has 23 heavy (non-hydrogen) atoms. The number of phenolic OH excluding ortho intramolecular Hbond substituents is 1. The van der Waals surface area contributed by atoms with Gasteiger partial charge in [0, 0.05) is 17.3 Å². The van der Waals surface area contributed by atoms with E-state index in [1.807, 2.05) is 0 Å². The third kappa shape index (κ3) is 4.40. The number of hydrogen-bond acceptors (Lipinski definition) is 3. The molecule has 0 bridgehead atoms. The summed E-state index contributed by atoms with van der Waals surface area (Å²) < 4.78 is 25.8. The van der Waals surface area contributed by atoms with Crippen LogP contribution in [0.5, 0.6) is 5.75 Å². The second-order valence-electron chi connectivity index (χ2n) is 4.53. The Morgan fingerprint density at radius 1 is 1.09 bits per heavy atom. The molecule has 0 spiro atoms. The van der Waals surface area contributed by atoms with Crippen molar-refractivity contribution in [3.05, 3.63) is 58.6 Å². The van der Waals surface area contributed by atoms with E-state index in [0.717, 1.165) is 12.1 Å². The van der Waals surface area contributed by atoms with E-state index in [4.69, 9.17) is 11.6 Å². The van der Waals surface area contributed by atoms with Gasteiger partial charge in [0.25, 0.3) is 5.91 Å². The van der Waals surface area contributed by atoms with Crippen LogP contribution in [0.4, 0.5) is 14.5 Å². The zero-order valence-corrected chi connectivity index (χ0v) is 12.3. The zero-order valence-electron chi connectivity index (χ0n) is 11.6. The Balaban J connectivity index is 1.91. The molecule has 0 aliphatic rings. The number of phenols is 1. The summed E-state index contributed by atoms with van der Waals surface area (Å²) in [6.45, 7) is -0.379. The molecule has 0 aliphatic carbocycles. The number of carbonyl (C=O) groups excluding carboxylic acids is 2. The van der Waals surface area contributed by atoms with Crippen molar-refractivity contribution in [3.63, 3.8) is 0 Å². The van der Waals surface area contributed by atoms with Crippen LogP contribution in [0.25, 0.3) is 0 Å². The molecule has 0 heterocycles. The van der Waals surface area contributed by atoms with Crippen LogP contribution in [0.1, 0.15) is 10.4 Å². The molecule has 2 amide bonds. The average molecular weight is 341 g/mol. The minimum atomic E-state index is -1.09. The van der Waals surface area contributed by atoms with Crippen LogP contribution in [-0.2, 0) is 4.79 Å². The second-order valence-corrected chi connectivity index (χ2v) is 4.93. The van der Waals surface area contributed by atoms with E-state index in [0.29, 0.717) is 0 Å². The summed E-state index contributed by atoms with van der Waals surface area (Å²) in [5.41, 5.74) is 0.226. The lowest BCUT2D eigenvalue weighted by Gasteiger charge is -2.08. The van der Waals surface area contributed by atoms with Gasteiger partial charge in [0.2, 0.25) is 5.91 Å². The van der Waals surface area contributed by atoms with E-state index in [-0.39, 0.29) is 28.6 Å². The molecule has 0 aromatic heterocycles. The Labute approximate surface area is 134 Å². The molecule has 3 N–H and O–H groups in total. The number of anilines is 1. The van der Waals surface area contributed by atoms with Crippen LogP contribution in [-0.4, -0.2) is 23.5 Å². The molecular weight excluding hydrogens is 330 g/mol. The number of amides is 2. The van der Waals surface area contributed by atoms with Gasteiger partial charge in [-0.1, -0.05) is 11.6 Å². The molecule has 0 saturated carbocycles. The molecule has 0 saturated heterocycles. The number of benzene rings is 2. The summed E-state index contributed by atoms with van der Waals surface area (Å²) in [7, 11) is 0. The normalized spacial score (nSPS) is 10.2. The molecule has 2 aromatic rings. The van der Waals surface area contributed by atoms with Crippen LogP contribution in [0.3, 0.4) is 0 Å². The van der Waals surface area contributed by atoms with Crippen molar-refractivity contribution in [2.75, 3.05) is 11.9 Å². The highest BCUT2D eigenvalue weighted by atomic mass is 35.5. The topological polar surface area (TPSA) is 78.4 Å². The molecule has 8 heteroatoms. The number of rotatable bonds is 4. The number of hydrogen-bond donors (Lipinski definition) is 3. The highest BCUT2D eigenvalue weighted by Gasteiger charge is 2.11. The predicted octanol–water partition coefficient (Wildman–Crippen LogP) is 2.69. The number of nitrogens with one attached hydrogen (secondary N) is 2. The maximum absolute atomic E-state index is 13.0. The van der Waals surface area contributed by atoms with Gasteiger partial charge in [-0.3, -0.25) is 9.59 Å². The fourth-order valence-corrected chi connectivity index (χ4v) is 1.87. The second kappa shape index (κ2) is 7.06. The van der Waals surface area contributed by atoms with Gasteiger partial charge in [0.05, 0.1) is 11.6 Å². The van der Waals surface area contributed by atoms with E-state index >= 15 is 0 Å². The van der Waals surface area contributed by atoms with Crippen molar-refractivity contribution in [1.29, 1.82) is 0 Å². The number of halogens is 3. The molecule has 2 rings (SSSR count). The third-order valence-electron chi connectivity index (χ3n) is 2.82. The molecule has 0 unspecified atom stereocenters. The maximum atomic E-state index is 13.0. The van der Waals surface area contributed by atoms with Crippen molar-refractivity contribution in [3.8, 4) is 5.75 Å². The van der Waals surface area contributed by atoms with Crippen LogP contribution in [0, 0.1) is 11.6 Å². The SMILES string of the molecule is O=C(CNC(=O)c1ccc(O)c(Cl)c1)Nc1ccc(F)c(F)c1. The van der Waals surface area contributed by atoms with Gasteiger partial charge in [0.15, 0.2) is 11.6 Å². The molecule has 2 aromatic carbocycles. The molecule has 0 aliphatic heterocycles. The van der Waals surface area contributed by atoms with Gasteiger partial charge in [-0.15, -0.1) is 0 Å². The summed E-state index contributed by atoms with van der Waals surface area (Å²) in [5, 5.41) is 13.9. The van der Waals surface area contributed by atoms with Crippen molar-refractivity contribution in [2.45, 2.75) is 0 Å². The monoisotopic (exact) mass is 340 g/mol. The van der Waals surface area contributed by atoms with E-state index < -0.39 is 23.4 Å². The summed E-state index contributed by atoms with van der Waals surface area (Å²) in [4.78, 5) is 23.5. The Bertz CT molecular complexity index is 768. The van der Waals surface area contributed by atoms with E-state index in [9.17, 15) is 23.5 Å². The van der Waals surface area contributed by atoms with Crippen LogP contribution in [0.2, 0.25) is 5.02 Å². The predicted molar refractivity (Wildman–Crippen MR) is 80.4 cm³/mol. The summed E-state index contributed by atoms with van der Waals surface area (Å²) in [6.07, 6.45) is 0. The summed E-state index contributed by atoms with van der Waals surface area (Å²) >= 11 is 5.68. The van der Waals surface area contributed by atoms with Crippen molar-refractivity contribution in [1.82, 2.24) is 5.32 Å². The Kier molecular flexibility index (Phi) is 5.13. The van der Waals surface area contributed by atoms with E-state index in [1.54, 1.807) is 0 Å². The maximum Gasteiger partial charge on any atom is 0.251 e.